The highest BCUT2D eigenvalue weighted by molar-refractivity contribution is 7.13. The number of phenols is 1. The summed E-state index contributed by atoms with van der Waals surface area (Å²) in [5.74, 6) is -0.701. The number of hydrogen-bond donors (Lipinski definition) is 5. The topological polar surface area (TPSA) is 221 Å². The Morgan fingerprint density at radius 3 is 2.25 bits per heavy atom. The number of nitrogens with one attached hydrogen (secondary N) is 3. The van der Waals surface area contributed by atoms with Gasteiger partial charge in [-0.15, -0.1) is 11.3 Å². The first kappa shape index (κ1) is 67.3. The zero-order chi connectivity index (χ0) is 63.6. The molecule has 9 rings (SSSR count). The van der Waals surface area contributed by atoms with Crippen molar-refractivity contribution in [3.8, 4) is 27.3 Å². The number of aromatic nitrogens is 1. The summed E-state index contributed by atoms with van der Waals surface area (Å²) in [6.07, 6.45) is -0.118. The molecule has 0 saturated carbocycles. The molecule has 0 bridgehead atoms. The van der Waals surface area contributed by atoms with Crippen LogP contribution in [0, 0.1) is 18.2 Å². The van der Waals surface area contributed by atoms with Gasteiger partial charge in [0.2, 0.25) is 18.2 Å². The van der Waals surface area contributed by atoms with E-state index in [0.717, 1.165) is 58.4 Å². The number of aromatic hydroxyl groups is 1. The molecular formula is C66H89ClFN9O11S. The maximum absolute atomic E-state index is 17.3. The highest BCUT2D eigenvalue weighted by Crippen LogP contribution is 2.37. The van der Waals surface area contributed by atoms with Crippen molar-refractivity contribution in [2.24, 2.45) is 10.4 Å². The number of fused-ring (bicyclic) bond motifs is 2. The summed E-state index contributed by atoms with van der Waals surface area (Å²) in [5, 5.41) is 33.5. The number of ether oxygens (including phenoxy) is 6. The lowest BCUT2D eigenvalue weighted by Crippen LogP contribution is -2.57. The smallest absolute Gasteiger partial charge is 0.410 e. The van der Waals surface area contributed by atoms with Crippen molar-refractivity contribution in [2.75, 3.05) is 105 Å². The number of likely N-dealkylation sites (tertiary alicyclic amines) is 2. The van der Waals surface area contributed by atoms with Gasteiger partial charge in [0.15, 0.2) is 5.82 Å². The van der Waals surface area contributed by atoms with Crippen molar-refractivity contribution < 1.29 is 57.4 Å². The van der Waals surface area contributed by atoms with Crippen LogP contribution in [0.25, 0.3) is 38.2 Å². The lowest BCUT2D eigenvalue weighted by atomic mass is 9.85. The molecule has 20 nitrogen and oxygen atoms in total. The molecule has 1 aromatic heterocycles. The molecule has 3 amide bonds. The molecular weight excluding hydrogens is 1180 g/mol. The number of carbonyl (C=O) groups excluding carboxylic acids is 3. The fraction of sp³-hybridized carbons (Fsp3) is 0.561. The van der Waals surface area contributed by atoms with Gasteiger partial charge in [-0.3, -0.25) is 9.59 Å². The van der Waals surface area contributed by atoms with Gasteiger partial charge < -0.3 is 74.2 Å². The Morgan fingerprint density at radius 2 is 1.57 bits per heavy atom. The summed E-state index contributed by atoms with van der Waals surface area (Å²) in [6, 6.07) is 19.6. The Bertz CT molecular complexity index is 3350. The first-order valence-corrected chi connectivity index (χ1v) is 32.3. The Morgan fingerprint density at radius 1 is 0.888 bits per heavy atom. The van der Waals surface area contributed by atoms with Crippen molar-refractivity contribution in [3.05, 3.63) is 105 Å². The van der Waals surface area contributed by atoms with Crippen LogP contribution in [-0.2, 0) is 38.0 Å². The average molecular weight is 1270 g/mol. The van der Waals surface area contributed by atoms with Crippen molar-refractivity contribution in [2.45, 2.75) is 130 Å². The fourth-order valence-corrected chi connectivity index (χ4v) is 12.9. The summed E-state index contributed by atoms with van der Waals surface area (Å²) in [4.78, 5) is 58.4. The van der Waals surface area contributed by atoms with Crippen molar-refractivity contribution in [1.82, 2.24) is 40.5 Å². The summed E-state index contributed by atoms with van der Waals surface area (Å²) in [6.45, 7) is 23.6. The molecule has 0 spiro atoms. The standard InChI is InChI=1S/C66H89ClFN9O11S/c1-41(87-63-72-58-53(61(73-63)75-22-24-76(25-23-75)64(82)88-66(7,8)9)35-54(67)56(57(58)68)52-34-48(78)32-46-12-10-11-13-51(46)52)37-74-20-18-50(19-21-74)86-31-30-84-27-26-83-28-29-85-39-55(80)71-60(65(4,5)6)62(81)77-38-49(79)33-47(77)36-69-42(2)44-14-16-45(17-15-44)59-43(3)70-40-89-59/h10-17,32,34-35,40-42,47,49-50,60,63,69,73,78-79H,18-31,33,36-39H2,1-9H3,(H,71,80)/t41-,42+,47+,49-,60-,63?/m1/s1. The minimum Gasteiger partial charge on any atom is -0.508 e. The van der Waals surface area contributed by atoms with Crippen molar-refractivity contribution >= 4 is 57.4 Å². The van der Waals surface area contributed by atoms with E-state index in [1.54, 1.807) is 33.3 Å². The number of piperidine rings is 1. The molecule has 5 N–H and O–H groups in total. The van der Waals surface area contributed by atoms with Crippen LogP contribution in [0.1, 0.15) is 92.0 Å². The quantitative estimate of drug-likeness (QED) is 0.0361. The van der Waals surface area contributed by atoms with Gasteiger partial charge in [-0.25, -0.2) is 19.2 Å². The number of hydrogen-bond acceptors (Lipinski definition) is 18. The van der Waals surface area contributed by atoms with Gasteiger partial charge in [-0.05, 0) is 112 Å². The Balaban J connectivity index is 0.666. The van der Waals surface area contributed by atoms with E-state index >= 15 is 4.39 Å². The number of β-amino-alcohol motifs (C(OH)–C–C–N with tert-alkyl or cyclic N) is 1. The maximum Gasteiger partial charge on any atom is 0.410 e. The molecule has 4 aliphatic rings. The summed E-state index contributed by atoms with van der Waals surface area (Å²) in [7, 11) is 0. The molecule has 0 aliphatic carbocycles. The zero-order valence-electron chi connectivity index (χ0n) is 52.8. The number of rotatable bonds is 25. The highest BCUT2D eigenvalue weighted by Gasteiger charge is 2.42. The molecule has 1 unspecified atom stereocenters. The van der Waals surface area contributed by atoms with E-state index in [2.05, 4.69) is 61.9 Å². The zero-order valence-corrected chi connectivity index (χ0v) is 54.4. The molecule has 3 fully saturated rings. The number of piperazine rings is 1. The summed E-state index contributed by atoms with van der Waals surface area (Å²) in [5.41, 5.74) is 4.43. The molecule has 3 saturated heterocycles. The van der Waals surface area contributed by atoms with Gasteiger partial charge in [0, 0.05) is 81.8 Å². The van der Waals surface area contributed by atoms with Crippen LogP contribution < -0.4 is 26.5 Å². The molecule has 4 aromatic carbocycles. The maximum atomic E-state index is 17.3. The van der Waals surface area contributed by atoms with E-state index < -0.39 is 41.2 Å². The van der Waals surface area contributed by atoms with Gasteiger partial charge in [0.25, 0.3) is 0 Å². The van der Waals surface area contributed by atoms with Crippen molar-refractivity contribution in [1.29, 1.82) is 0 Å². The number of thiazole rings is 1. The average Bonchev–Trinajstić information content (AvgIpc) is 1.54. The molecule has 5 aromatic rings. The molecule has 484 valence electrons. The van der Waals surface area contributed by atoms with Gasteiger partial charge in [0.05, 0.1) is 79.1 Å². The number of phenolic OH excluding ortho intramolecular Hbond substituents is 1. The molecule has 0 radical (unpaired) electrons. The lowest BCUT2D eigenvalue weighted by Gasteiger charge is -2.39. The molecule has 89 heavy (non-hydrogen) atoms. The normalized spacial score (nSPS) is 19.6. The van der Waals surface area contributed by atoms with E-state index in [-0.39, 0.29) is 84.4 Å². The van der Waals surface area contributed by atoms with Crippen LogP contribution in [0.4, 0.5) is 9.18 Å². The first-order valence-electron chi connectivity index (χ1n) is 31.1. The van der Waals surface area contributed by atoms with Gasteiger partial charge >= 0.3 is 6.09 Å². The Labute approximate surface area is 530 Å². The minimum atomic E-state index is -0.947. The first-order chi connectivity index (χ1) is 42.5. The van der Waals surface area contributed by atoms with Crippen LogP contribution >= 0.6 is 22.9 Å². The third-order valence-corrected chi connectivity index (χ3v) is 17.7. The number of aliphatic hydroxyl groups excluding tert-OH is 1. The van der Waals surface area contributed by atoms with Crippen LogP contribution in [0.2, 0.25) is 5.02 Å². The monoisotopic (exact) mass is 1270 g/mol. The van der Waals surface area contributed by atoms with Crippen molar-refractivity contribution in [3.63, 3.8) is 0 Å². The van der Waals surface area contributed by atoms with Crippen LogP contribution in [0.15, 0.2) is 77.2 Å². The summed E-state index contributed by atoms with van der Waals surface area (Å²) >= 11 is 8.61. The predicted octanol–water partition coefficient (Wildman–Crippen LogP) is 7.34. The van der Waals surface area contributed by atoms with Gasteiger partial charge in [0.1, 0.15) is 35.2 Å². The van der Waals surface area contributed by atoms with Crippen LogP contribution in [-0.4, -0.2) is 200 Å². The minimum absolute atomic E-state index is 0.00757. The number of aryl methyl sites for hydroxylation is 1. The number of halogens is 2. The third kappa shape index (κ3) is 17.9. The van der Waals surface area contributed by atoms with Crippen LogP contribution in [0.5, 0.6) is 5.75 Å². The summed E-state index contributed by atoms with van der Waals surface area (Å²) < 4.78 is 52.8. The Hall–Kier alpha value is -6.05. The van der Waals surface area contributed by atoms with Gasteiger partial charge in [-0.2, -0.15) is 0 Å². The van der Waals surface area contributed by atoms with Crippen LogP contribution in [0.3, 0.4) is 0 Å². The second kappa shape index (κ2) is 30.4. The van der Waals surface area contributed by atoms with Gasteiger partial charge in [-0.1, -0.05) is 80.9 Å². The molecule has 4 aliphatic heterocycles. The number of benzene rings is 4. The highest BCUT2D eigenvalue weighted by atomic mass is 35.5. The van der Waals surface area contributed by atoms with E-state index in [4.69, 9.17) is 45.0 Å². The number of amides is 3. The van der Waals surface area contributed by atoms with E-state index in [0.29, 0.717) is 88.7 Å². The largest absolute Gasteiger partial charge is 0.508 e. The van der Waals surface area contributed by atoms with E-state index in [1.807, 2.05) is 85.2 Å². The second-order valence-electron chi connectivity index (χ2n) is 25.6. The number of carbonyl (C=O) groups is 3. The second-order valence-corrected chi connectivity index (χ2v) is 26.9. The third-order valence-electron chi connectivity index (χ3n) is 16.5. The molecule has 23 heteroatoms. The lowest BCUT2D eigenvalue weighted by molar-refractivity contribution is -0.141. The molecule has 6 atom stereocenters. The predicted molar refractivity (Wildman–Crippen MR) is 341 cm³/mol. The SMILES string of the molecule is Cc1ncsc1-c1ccc([C@H](C)NC[C@@H]2C[C@@H](O)CN2C(=O)[C@@H](NC(=O)COCCOCCOCCOC2CCN(C[C@@H](C)OC3N=c4c(F)c(-c5cc(O)cc6ccccc56)c(Cl)cc4=C(N4CCN(C(=O)OC(C)(C)C)CC4)N3)CC2)C(C)(C)C)cc1. The number of nitrogens with zero attached hydrogens (tertiary/aromatic N) is 6. The number of aliphatic hydroxyl groups is 1. The fourth-order valence-electron chi connectivity index (χ4n) is 11.8. The Kier molecular flexibility index (Phi) is 23.0. The molecule has 5 heterocycles. The van der Waals surface area contributed by atoms with E-state index in [1.165, 1.54) is 6.07 Å². The van der Waals surface area contributed by atoms with E-state index in [9.17, 15) is 24.6 Å².